The van der Waals surface area contributed by atoms with Gasteiger partial charge >= 0.3 is 0 Å². The van der Waals surface area contributed by atoms with Crippen molar-refractivity contribution >= 4 is 21.4 Å². The van der Waals surface area contributed by atoms with Gasteiger partial charge in [0.2, 0.25) is 0 Å². The first-order valence-electron chi connectivity index (χ1n) is 7.07. The highest BCUT2D eigenvalue weighted by atomic mass is 32.2. The van der Waals surface area contributed by atoms with Crippen molar-refractivity contribution in [1.82, 2.24) is 0 Å². The molecule has 0 aliphatic carbocycles. The van der Waals surface area contributed by atoms with Crippen molar-refractivity contribution in [2.24, 2.45) is 0 Å². The molecule has 0 aliphatic rings. The van der Waals surface area contributed by atoms with Crippen molar-refractivity contribution in [2.45, 2.75) is 18.2 Å². The summed E-state index contributed by atoms with van der Waals surface area (Å²) in [7, 11) is -4.18. The Kier molecular flexibility index (Phi) is 5.16. The van der Waals surface area contributed by atoms with Crippen LogP contribution >= 0.6 is 0 Å². The van der Waals surface area contributed by atoms with Crippen molar-refractivity contribution < 1.29 is 13.3 Å². The van der Waals surface area contributed by atoms with Gasteiger partial charge in [0.25, 0.3) is 15.7 Å². The Morgan fingerprint density at radius 3 is 2.46 bits per heavy atom. The topological polar surface area (TPSA) is 104 Å². The molecule has 24 heavy (non-hydrogen) atoms. The molecule has 0 amide bonds. The molecular formula is C16H15N3O4S. The van der Waals surface area contributed by atoms with E-state index < -0.39 is 20.6 Å². The van der Waals surface area contributed by atoms with E-state index in [-0.39, 0.29) is 17.9 Å². The molecule has 0 aromatic heterocycles. The number of hydrogen-bond donors (Lipinski definition) is 0. The van der Waals surface area contributed by atoms with Crippen LogP contribution in [0.3, 0.4) is 0 Å². The average Bonchev–Trinajstić information content (AvgIpc) is 2.55. The normalized spacial score (nSPS) is 10.8. The standard InChI is InChI=1S/C16H15N3O4S/c1-13-8-9-16(15(12-13)19(20)21)24(22,23)18(11-5-10-17)14-6-3-2-4-7-14/h2-4,6-9,12H,5,11H2,1H3. The molecule has 0 saturated carbocycles. The lowest BCUT2D eigenvalue weighted by Crippen LogP contribution is -2.32. The van der Waals surface area contributed by atoms with Gasteiger partial charge in [-0.1, -0.05) is 24.3 Å². The smallest absolute Gasteiger partial charge is 0.265 e. The summed E-state index contributed by atoms with van der Waals surface area (Å²) in [6.45, 7) is 1.56. The highest BCUT2D eigenvalue weighted by Crippen LogP contribution is 2.30. The van der Waals surface area contributed by atoms with Gasteiger partial charge in [0.15, 0.2) is 4.90 Å². The Hall–Kier alpha value is -2.92. The van der Waals surface area contributed by atoms with Crippen molar-refractivity contribution in [3.05, 3.63) is 64.2 Å². The number of aryl methyl sites for hydroxylation is 1. The molecule has 124 valence electrons. The van der Waals surface area contributed by atoms with E-state index in [9.17, 15) is 18.5 Å². The van der Waals surface area contributed by atoms with Gasteiger partial charge in [0.1, 0.15) is 0 Å². The summed E-state index contributed by atoms with van der Waals surface area (Å²) in [6, 6.07) is 14.1. The maximum absolute atomic E-state index is 13.0. The van der Waals surface area contributed by atoms with Crippen molar-refractivity contribution in [2.75, 3.05) is 10.8 Å². The minimum absolute atomic E-state index is 0.0339. The molecule has 0 saturated heterocycles. The van der Waals surface area contributed by atoms with Crippen LogP contribution in [-0.2, 0) is 10.0 Å². The summed E-state index contributed by atoms with van der Waals surface area (Å²) >= 11 is 0. The fourth-order valence-corrected chi connectivity index (χ4v) is 3.85. The molecule has 2 rings (SSSR count). The number of sulfonamides is 1. The lowest BCUT2D eigenvalue weighted by molar-refractivity contribution is -0.387. The van der Waals surface area contributed by atoms with E-state index in [1.165, 1.54) is 18.2 Å². The van der Waals surface area contributed by atoms with Gasteiger partial charge in [0.05, 0.1) is 23.1 Å². The van der Waals surface area contributed by atoms with E-state index in [0.717, 1.165) is 4.31 Å². The number of nitriles is 1. The number of nitrogens with zero attached hydrogens (tertiary/aromatic N) is 3. The monoisotopic (exact) mass is 345 g/mol. The minimum atomic E-state index is -4.18. The van der Waals surface area contributed by atoms with Gasteiger partial charge < -0.3 is 0 Å². The molecule has 7 nitrogen and oxygen atoms in total. The zero-order valence-electron chi connectivity index (χ0n) is 12.9. The maximum atomic E-state index is 13.0. The second-order valence-corrected chi connectivity index (χ2v) is 6.88. The lowest BCUT2D eigenvalue weighted by Gasteiger charge is -2.23. The Morgan fingerprint density at radius 2 is 1.88 bits per heavy atom. The van der Waals surface area contributed by atoms with Crippen LogP contribution in [0.15, 0.2) is 53.4 Å². The largest absolute Gasteiger partial charge is 0.290 e. The fraction of sp³-hybridized carbons (Fsp3) is 0.188. The van der Waals surface area contributed by atoms with Crippen LogP contribution in [0.2, 0.25) is 0 Å². The number of rotatable bonds is 6. The number of anilines is 1. The van der Waals surface area contributed by atoms with Gasteiger partial charge in [-0.05, 0) is 30.7 Å². The Bertz CT molecular complexity index is 889. The molecular weight excluding hydrogens is 330 g/mol. The van der Waals surface area contributed by atoms with Crippen LogP contribution in [0.25, 0.3) is 0 Å². The second kappa shape index (κ2) is 7.10. The predicted octanol–water partition coefficient (Wildman–Crippen LogP) is 3.01. The lowest BCUT2D eigenvalue weighted by atomic mass is 10.2. The van der Waals surface area contributed by atoms with Gasteiger partial charge in [0, 0.05) is 12.6 Å². The van der Waals surface area contributed by atoms with Crippen molar-refractivity contribution in [3.63, 3.8) is 0 Å². The van der Waals surface area contributed by atoms with E-state index in [4.69, 9.17) is 5.26 Å². The summed E-state index contributed by atoms with van der Waals surface area (Å²) in [5.74, 6) is 0. The molecule has 0 radical (unpaired) electrons. The second-order valence-electron chi connectivity index (χ2n) is 5.05. The van der Waals surface area contributed by atoms with Gasteiger partial charge in [-0.25, -0.2) is 8.42 Å². The molecule has 2 aromatic carbocycles. The van der Waals surface area contributed by atoms with Gasteiger partial charge in [-0.15, -0.1) is 0 Å². The number of hydrogen-bond acceptors (Lipinski definition) is 5. The molecule has 0 aliphatic heterocycles. The van der Waals surface area contributed by atoms with E-state index >= 15 is 0 Å². The molecule has 0 fully saturated rings. The van der Waals surface area contributed by atoms with E-state index in [2.05, 4.69) is 0 Å². The first-order valence-corrected chi connectivity index (χ1v) is 8.51. The van der Waals surface area contributed by atoms with Crippen LogP contribution in [0.4, 0.5) is 11.4 Å². The summed E-state index contributed by atoms with van der Waals surface area (Å²) in [5.41, 5.74) is 0.458. The first-order chi connectivity index (χ1) is 11.4. The SMILES string of the molecule is Cc1ccc(S(=O)(=O)N(CCC#N)c2ccccc2)c([N+](=O)[O-])c1. The zero-order valence-corrected chi connectivity index (χ0v) is 13.7. The van der Waals surface area contributed by atoms with E-state index in [1.54, 1.807) is 37.3 Å². The van der Waals surface area contributed by atoms with Crippen LogP contribution in [-0.4, -0.2) is 19.9 Å². The summed E-state index contributed by atoms with van der Waals surface area (Å²) in [5, 5.41) is 20.1. The van der Waals surface area contributed by atoms with Gasteiger partial charge in [-0.3, -0.25) is 14.4 Å². The van der Waals surface area contributed by atoms with Crippen LogP contribution < -0.4 is 4.31 Å². The molecule has 0 spiro atoms. The Labute approximate surface area is 140 Å². The number of para-hydroxylation sites is 1. The van der Waals surface area contributed by atoms with E-state index in [0.29, 0.717) is 11.3 Å². The molecule has 8 heteroatoms. The molecule has 0 heterocycles. The fourth-order valence-electron chi connectivity index (χ4n) is 2.24. The highest BCUT2D eigenvalue weighted by molar-refractivity contribution is 7.93. The maximum Gasteiger partial charge on any atom is 0.290 e. The molecule has 0 bridgehead atoms. The molecule has 0 atom stereocenters. The minimum Gasteiger partial charge on any atom is -0.265 e. The van der Waals surface area contributed by atoms with Gasteiger partial charge in [-0.2, -0.15) is 5.26 Å². The third-order valence-corrected chi connectivity index (χ3v) is 5.22. The summed E-state index contributed by atoms with van der Waals surface area (Å²) in [6.07, 6.45) is -0.0339. The van der Waals surface area contributed by atoms with Crippen molar-refractivity contribution in [1.29, 1.82) is 5.26 Å². The summed E-state index contributed by atoms with van der Waals surface area (Å²) < 4.78 is 27.0. The predicted molar refractivity (Wildman–Crippen MR) is 89.0 cm³/mol. The average molecular weight is 345 g/mol. The summed E-state index contributed by atoms with van der Waals surface area (Å²) in [4.78, 5) is 10.2. The molecule has 2 aromatic rings. The third kappa shape index (κ3) is 3.52. The zero-order chi connectivity index (χ0) is 17.7. The van der Waals surface area contributed by atoms with E-state index in [1.807, 2.05) is 6.07 Å². The first kappa shape index (κ1) is 17.4. The molecule has 0 unspecified atom stereocenters. The quantitative estimate of drug-likeness (QED) is 0.591. The Balaban J connectivity index is 2.61. The molecule has 0 N–H and O–H groups in total. The van der Waals surface area contributed by atoms with Crippen LogP contribution in [0, 0.1) is 28.4 Å². The highest BCUT2D eigenvalue weighted by Gasteiger charge is 2.31. The third-order valence-electron chi connectivity index (χ3n) is 3.35. The van der Waals surface area contributed by atoms with Crippen molar-refractivity contribution in [3.8, 4) is 6.07 Å². The number of nitro benzene ring substituents is 1. The number of nitro groups is 1. The Morgan fingerprint density at radius 1 is 1.21 bits per heavy atom. The van der Waals surface area contributed by atoms with Crippen LogP contribution in [0.1, 0.15) is 12.0 Å². The number of benzene rings is 2. The van der Waals surface area contributed by atoms with Crippen LogP contribution in [0.5, 0.6) is 0 Å².